The minimum Gasteiger partial charge on any atom is -0.103 e. The SMILES string of the molecule is C=CCP(CC(=C)C)c1ccccc1.[B]. The van der Waals surface area contributed by atoms with Gasteiger partial charge in [0.1, 0.15) is 0 Å². The Morgan fingerprint density at radius 1 is 1.33 bits per heavy atom. The van der Waals surface area contributed by atoms with E-state index < -0.39 is 0 Å². The van der Waals surface area contributed by atoms with E-state index >= 15 is 0 Å². The van der Waals surface area contributed by atoms with Crippen LogP contribution in [0, 0.1) is 0 Å². The molecule has 0 aromatic heterocycles. The molecule has 1 unspecified atom stereocenters. The Kier molecular flexibility index (Phi) is 7.08. The van der Waals surface area contributed by atoms with Crippen molar-refractivity contribution in [2.45, 2.75) is 6.92 Å². The molecule has 0 saturated heterocycles. The minimum atomic E-state index is -0.113. The van der Waals surface area contributed by atoms with Crippen LogP contribution in [0.4, 0.5) is 0 Å². The van der Waals surface area contributed by atoms with Gasteiger partial charge in [0.25, 0.3) is 0 Å². The molecule has 15 heavy (non-hydrogen) atoms. The maximum atomic E-state index is 3.98. The molecule has 77 valence electrons. The summed E-state index contributed by atoms with van der Waals surface area (Å²) in [5, 5.41) is 1.45. The number of benzene rings is 1. The second-order valence-corrected chi connectivity index (χ2v) is 5.74. The highest BCUT2D eigenvalue weighted by Crippen LogP contribution is 2.35. The molecule has 0 aliphatic rings. The fourth-order valence-corrected chi connectivity index (χ4v) is 3.46. The third kappa shape index (κ3) is 5.00. The third-order valence-corrected chi connectivity index (χ3v) is 4.58. The van der Waals surface area contributed by atoms with Crippen molar-refractivity contribution in [3.63, 3.8) is 0 Å². The largest absolute Gasteiger partial charge is 0.103 e. The van der Waals surface area contributed by atoms with E-state index in [0.717, 1.165) is 12.3 Å². The molecule has 0 spiro atoms. The Morgan fingerprint density at radius 3 is 2.40 bits per heavy atom. The maximum Gasteiger partial charge on any atom is 0 e. The number of hydrogen-bond donors (Lipinski definition) is 0. The molecule has 1 aromatic carbocycles. The Morgan fingerprint density at radius 2 is 1.93 bits per heavy atom. The monoisotopic (exact) mass is 215 g/mol. The summed E-state index contributed by atoms with van der Waals surface area (Å²) in [6, 6.07) is 10.7. The van der Waals surface area contributed by atoms with Gasteiger partial charge in [-0.2, -0.15) is 0 Å². The van der Waals surface area contributed by atoms with Crippen LogP contribution in [0.3, 0.4) is 0 Å². The molecule has 0 amide bonds. The van der Waals surface area contributed by atoms with Crippen LogP contribution in [0.25, 0.3) is 0 Å². The molecule has 0 N–H and O–H groups in total. The molecule has 0 fully saturated rings. The van der Waals surface area contributed by atoms with Crippen LogP contribution in [0.5, 0.6) is 0 Å². The van der Waals surface area contributed by atoms with Crippen LogP contribution in [-0.4, -0.2) is 20.7 Å². The molecular formula is C13H17BP. The quantitative estimate of drug-likeness (QED) is 0.402. The summed E-state index contributed by atoms with van der Waals surface area (Å²) in [6.45, 7) is 9.90. The van der Waals surface area contributed by atoms with Crippen LogP contribution in [-0.2, 0) is 0 Å². The summed E-state index contributed by atoms with van der Waals surface area (Å²) in [5.74, 6) is 0. The Bertz CT molecular complexity index is 306. The molecule has 0 aliphatic heterocycles. The van der Waals surface area contributed by atoms with E-state index in [9.17, 15) is 0 Å². The number of rotatable bonds is 5. The van der Waals surface area contributed by atoms with Gasteiger partial charge in [-0.25, -0.2) is 0 Å². The predicted molar refractivity (Wildman–Crippen MR) is 73.5 cm³/mol. The van der Waals surface area contributed by atoms with Gasteiger partial charge in [-0.15, -0.1) is 6.58 Å². The first-order valence-electron chi connectivity index (χ1n) is 4.79. The van der Waals surface area contributed by atoms with Crippen molar-refractivity contribution in [3.8, 4) is 0 Å². The van der Waals surface area contributed by atoms with Gasteiger partial charge in [0.05, 0.1) is 0 Å². The van der Waals surface area contributed by atoms with Gasteiger partial charge in [0.2, 0.25) is 0 Å². The summed E-state index contributed by atoms with van der Waals surface area (Å²) in [4.78, 5) is 0. The van der Waals surface area contributed by atoms with E-state index in [1.54, 1.807) is 0 Å². The summed E-state index contributed by atoms with van der Waals surface area (Å²) in [7, 11) is -0.113. The fourth-order valence-electron chi connectivity index (χ4n) is 1.38. The smallest absolute Gasteiger partial charge is 0 e. The van der Waals surface area contributed by atoms with Crippen LogP contribution < -0.4 is 5.30 Å². The van der Waals surface area contributed by atoms with Crippen molar-refractivity contribution < 1.29 is 0 Å². The fraction of sp³-hybridized carbons (Fsp3) is 0.231. The Balaban J connectivity index is 0.00000196. The first-order valence-corrected chi connectivity index (χ1v) is 6.50. The highest BCUT2D eigenvalue weighted by atomic mass is 31.1. The highest BCUT2D eigenvalue weighted by molar-refractivity contribution is 7.66. The third-order valence-electron chi connectivity index (χ3n) is 1.93. The number of allylic oxidation sites excluding steroid dienone is 2. The van der Waals surface area contributed by atoms with Crippen molar-refractivity contribution in [3.05, 3.63) is 55.1 Å². The lowest BCUT2D eigenvalue weighted by Gasteiger charge is -2.15. The normalized spacial score (nSPS) is 11.3. The van der Waals surface area contributed by atoms with Crippen LogP contribution >= 0.6 is 7.92 Å². The van der Waals surface area contributed by atoms with Crippen molar-refractivity contribution >= 4 is 21.6 Å². The molecule has 2 heteroatoms. The predicted octanol–water partition coefficient (Wildman–Crippen LogP) is 3.18. The van der Waals surface area contributed by atoms with Gasteiger partial charge in [-0.3, -0.25) is 0 Å². The molecule has 1 rings (SSSR count). The molecule has 0 nitrogen and oxygen atoms in total. The molecule has 1 atom stereocenters. The molecule has 1 aromatic rings. The van der Waals surface area contributed by atoms with E-state index in [4.69, 9.17) is 0 Å². The lowest BCUT2D eigenvalue weighted by molar-refractivity contribution is 1.42. The minimum absolute atomic E-state index is 0. The molecule has 3 radical (unpaired) electrons. The van der Waals surface area contributed by atoms with Gasteiger partial charge in [-0.1, -0.05) is 56.5 Å². The molecule has 0 aliphatic carbocycles. The second kappa shape index (κ2) is 7.48. The standard InChI is InChI=1S/C13H17P.B/c1-4-10-14(11-12(2)3)13-8-6-5-7-9-13;/h4-9H,1-2,10-11H2,3H3;. The summed E-state index contributed by atoms with van der Waals surface area (Å²) in [6.07, 6.45) is 4.22. The van der Waals surface area contributed by atoms with Crippen molar-refractivity contribution in [2.24, 2.45) is 0 Å². The van der Waals surface area contributed by atoms with E-state index in [2.05, 4.69) is 50.4 Å². The van der Waals surface area contributed by atoms with Gasteiger partial charge < -0.3 is 0 Å². The molecule has 0 heterocycles. The van der Waals surface area contributed by atoms with Gasteiger partial charge >= 0.3 is 0 Å². The van der Waals surface area contributed by atoms with Crippen LogP contribution in [0.15, 0.2) is 55.1 Å². The van der Waals surface area contributed by atoms with Crippen molar-refractivity contribution in [1.82, 2.24) is 0 Å². The maximum absolute atomic E-state index is 3.98. The van der Waals surface area contributed by atoms with Gasteiger partial charge in [-0.05, 0) is 24.6 Å². The summed E-state index contributed by atoms with van der Waals surface area (Å²) < 4.78 is 0. The zero-order valence-electron chi connectivity index (χ0n) is 9.32. The van der Waals surface area contributed by atoms with Crippen LogP contribution in [0.1, 0.15) is 6.92 Å². The van der Waals surface area contributed by atoms with E-state index in [1.165, 1.54) is 10.9 Å². The second-order valence-electron chi connectivity index (χ2n) is 3.46. The Hall–Kier alpha value is -0.805. The lowest BCUT2D eigenvalue weighted by atomic mass is 10.4. The van der Waals surface area contributed by atoms with Crippen molar-refractivity contribution in [2.75, 3.05) is 12.3 Å². The average Bonchev–Trinajstić information content (AvgIpc) is 2.18. The highest BCUT2D eigenvalue weighted by Gasteiger charge is 2.08. The zero-order valence-corrected chi connectivity index (χ0v) is 10.2. The number of hydrogen-bond acceptors (Lipinski definition) is 0. The summed E-state index contributed by atoms with van der Waals surface area (Å²) in [5.41, 5.74) is 1.27. The Labute approximate surface area is 96.4 Å². The summed E-state index contributed by atoms with van der Waals surface area (Å²) >= 11 is 0. The average molecular weight is 215 g/mol. The zero-order chi connectivity index (χ0) is 10.4. The van der Waals surface area contributed by atoms with E-state index in [0.29, 0.717) is 0 Å². The first kappa shape index (κ1) is 14.2. The van der Waals surface area contributed by atoms with Crippen LogP contribution in [0.2, 0.25) is 0 Å². The molecular weight excluding hydrogens is 198 g/mol. The van der Waals surface area contributed by atoms with Crippen molar-refractivity contribution in [1.29, 1.82) is 0 Å². The van der Waals surface area contributed by atoms with E-state index in [-0.39, 0.29) is 16.3 Å². The van der Waals surface area contributed by atoms with Gasteiger partial charge in [0.15, 0.2) is 0 Å². The molecule has 0 saturated carbocycles. The molecule has 0 bridgehead atoms. The van der Waals surface area contributed by atoms with E-state index in [1.807, 2.05) is 6.08 Å². The topological polar surface area (TPSA) is 0 Å². The van der Waals surface area contributed by atoms with Gasteiger partial charge in [0, 0.05) is 8.41 Å². The first-order chi connectivity index (χ1) is 6.74. The lowest BCUT2D eigenvalue weighted by Crippen LogP contribution is -2.05.